The number of amides is 1. The Balaban J connectivity index is 0.00000192. The van der Waals surface area contributed by atoms with Gasteiger partial charge in [-0.2, -0.15) is 9.78 Å². The molecule has 1 aliphatic rings. The summed E-state index contributed by atoms with van der Waals surface area (Å²) >= 11 is 0. The van der Waals surface area contributed by atoms with Gasteiger partial charge in [-0.05, 0) is 30.3 Å². The van der Waals surface area contributed by atoms with E-state index in [9.17, 15) is 14.0 Å². The van der Waals surface area contributed by atoms with Crippen LogP contribution < -0.4 is 10.9 Å². The Bertz CT molecular complexity index is 742. The summed E-state index contributed by atoms with van der Waals surface area (Å²) in [6.07, 6.45) is 0. The summed E-state index contributed by atoms with van der Waals surface area (Å²) in [6, 6.07) is 8.10. The van der Waals surface area contributed by atoms with Gasteiger partial charge in [-0.25, -0.2) is 4.39 Å². The first-order valence-electron chi connectivity index (χ1n) is 7.01. The lowest BCUT2D eigenvalue weighted by atomic mass is 10.3. The standard InChI is InChI=1S/C15H15FN4O2.ClH/c16-11-1-3-12(4-2-11)20-14(21)6-5-13(18-20)15(22)19-9-7-17-8-10-19;/h1-6,17H,7-10H2;1H. The first-order valence-corrected chi connectivity index (χ1v) is 7.01. The van der Waals surface area contributed by atoms with Crippen LogP contribution in [0.1, 0.15) is 10.5 Å². The van der Waals surface area contributed by atoms with Crippen LogP contribution in [0.15, 0.2) is 41.2 Å². The van der Waals surface area contributed by atoms with E-state index in [1.807, 2.05) is 0 Å². The van der Waals surface area contributed by atoms with Crippen LogP contribution >= 0.6 is 12.4 Å². The molecule has 0 radical (unpaired) electrons. The molecule has 2 aromatic rings. The van der Waals surface area contributed by atoms with Crippen molar-refractivity contribution in [2.24, 2.45) is 0 Å². The van der Waals surface area contributed by atoms with Gasteiger partial charge in [-0.15, -0.1) is 12.4 Å². The number of nitrogens with zero attached hydrogens (tertiary/aromatic N) is 3. The van der Waals surface area contributed by atoms with Gasteiger partial charge in [0.2, 0.25) is 0 Å². The number of carbonyl (C=O) groups is 1. The third-order valence-corrected chi connectivity index (χ3v) is 3.49. The van der Waals surface area contributed by atoms with Gasteiger partial charge in [0.25, 0.3) is 11.5 Å². The predicted octanol–water partition coefficient (Wildman–Crippen LogP) is 0.839. The molecule has 0 spiro atoms. The molecule has 23 heavy (non-hydrogen) atoms. The molecule has 8 heteroatoms. The highest BCUT2D eigenvalue weighted by Crippen LogP contribution is 2.07. The fourth-order valence-electron chi connectivity index (χ4n) is 2.32. The monoisotopic (exact) mass is 338 g/mol. The van der Waals surface area contributed by atoms with Crippen molar-refractivity contribution < 1.29 is 9.18 Å². The van der Waals surface area contributed by atoms with Crippen molar-refractivity contribution in [3.05, 3.63) is 58.3 Å². The zero-order chi connectivity index (χ0) is 15.5. The average molecular weight is 339 g/mol. The van der Waals surface area contributed by atoms with Crippen LogP contribution in [-0.4, -0.2) is 46.8 Å². The summed E-state index contributed by atoms with van der Waals surface area (Å²) in [5, 5.41) is 7.29. The Kier molecular flexibility index (Phi) is 5.46. The number of halogens is 2. The zero-order valence-corrected chi connectivity index (χ0v) is 13.1. The average Bonchev–Trinajstić information content (AvgIpc) is 2.56. The number of carbonyl (C=O) groups excluding carboxylic acids is 1. The topological polar surface area (TPSA) is 67.2 Å². The highest BCUT2D eigenvalue weighted by atomic mass is 35.5. The van der Waals surface area contributed by atoms with Crippen molar-refractivity contribution >= 4 is 18.3 Å². The molecule has 3 rings (SSSR count). The maximum Gasteiger partial charge on any atom is 0.274 e. The molecule has 6 nitrogen and oxygen atoms in total. The van der Waals surface area contributed by atoms with Crippen LogP contribution in [0.25, 0.3) is 5.69 Å². The molecule has 1 aliphatic heterocycles. The minimum atomic E-state index is -0.398. The molecular weight excluding hydrogens is 323 g/mol. The van der Waals surface area contributed by atoms with E-state index in [1.54, 1.807) is 4.90 Å². The molecule has 1 fully saturated rings. The molecule has 0 bridgehead atoms. The first kappa shape index (κ1) is 17.1. The van der Waals surface area contributed by atoms with Crippen LogP contribution in [0.4, 0.5) is 4.39 Å². The van der Waals surface area contributed by atoms with E-state index < -0.39 is 5.82 Å². The van der Waals surface area contributed by atoms with E-state index in [4.69, 9.17) is 0 Å². The third-order valence-electron chi connectivity index (χ3n) is 3.49. The Morgan fingerprint density at radius 1 is 1.09 bits per heavy atom. The van der Waals surface area contributed by atoms with Crippen LogP contribution in [0.5, 0.6) is 0 Å². The summed E-state index contributed by atoms with van der Waals surface area (Å²) in [7, 11) is 0. The molecule has 122 valence electrons. The summed E-state index contributed by atoms with van der Waals surface area (Å²) < 4.78 is 14.1. The van der Waals surface area contributed by atoms with Gasteiger partial charge in [-0.3, -0.25) is 9.59 Å². The molecule has 1 amide bonds. The Morgan fingerprint density at radius 2 is 1.74 bits per heavy atom. The lowest BCUT2D eigenvalue weighted by Crippen LogP contribution is -2.46. The molecule has 2 heterocycles. The Morgan fingerprint density at radius 3 is 2.39 bits per heavy atom. The summed E-state index contributed by atoms with van der Waals surface area (Å²) in [5.41, 5.74) is 0.246. The van der Waals surface area contributed by atoms with Gasteiger partial charge in [0.15, 0.2) is 0 Å². The van der Waals surface area contributed by atoms with Crippen LogP contribution in [0.2, 0.25) is 0 Å². The molecule has 1 aromatic carbocycles. The zero-order valence-electron chi connectivity index (χ0n) is 12.2. The highest BCUT2D eigenvalue weighted by Gasteiger charge is 2.20. The van der Waals surface area contributed by atoms with Gasteiger partial charge in [0.1, 0.15) is 11.5 Å². The van der Waals surface area contributed by atoms with E-state index in [0.717, 1.165) is 17.8 Å². The van der Waals surface area contributed by atoms with Gasteiger partial charge in [0.05, 0.1) is 5.69 Å². The number of hydrogen-bond donors (Lipinski definition) is 1. The maximum absolute atomic E-state index is 13.0. The highest BCUT2D eigenvalue weighted by molar-refractivity contribution is 5.92. The number of hydrogen-bond acceptors (Lipinski definition) is 4. The van der Waals surface area contributed by atoms with Crippen molar-refractivity contribution in [1.82, 2.24) is 20.0 Å². The predicted molar refractivity (Wildman–Crippen MR) is 85.8 cm³/mol. The lowest BCUT2D eigenvalue weighted by molar-refractivity contribution is 0.0728. The second-order valence-corrected chi connectivity index (χ2v) is 4.99. The summed E-state index contributed by atoms with van der Waals surface area (Å²) in [6.45, 7) is 2.69. The van der Waals surface area contributed by atoms with Gasteiger partial charge < -0.3 is 10.2 Å². The minimum absolute atomic E-state index is 0. The number of aromatic nitrogens is 2. The van der Waals surface area contributed by atoms with Crippen molar-refractivity contribution in [3.63, 3.8) is 0 Å². The second-order valence-electron chi connectivity index (χ2n) is 4.99. The lowest BCUT2D eigenvalue weighted by Gasteiger charge is -2.27. The first-order chi connectivity index (χ1) is 10.6. The van der Waals surface area contributed by atoms with E-state index in [0.29, 0.717) is 18.8 Å². The largest absolute Gasteiger partial charge is 0.335 e. The van der Waals surface area contributed by atoms with E-state index >= 15 is 0 Å². The molecule has 0 unspecified atom stereocenters. The van der Waals surface area contributed by atoms with E-state index in [-0.39, 0.29) is 29.6 Å². The molecule has 1 saturated heterocycles. The number of nitrogens with one attached hydrogen (secondary N) is 1. The molecule has 0 saturated carbocycles. The quantitative estimate of drug-likeness (QED) is 0.881. The molecule has 1 N–H and O–H groups in total. The van der Waals surface area contributed by atoms with E-state index in [2.05, 4.69) is 10.4 Å². The number of piperazine rings is 1. The van der Waals surface area contributed by atoms with Crippen molar-refractivity contribution in [2.75, 3.05) is 26.2 Å². The third kappa shape index (κ3) is 3.75. The maximum atomic E-state index is 13.0. The normalized spacial score (nSPS) is 14.2. The van der Waals surface area contributed by atoms with E-state index in [1.165, 1.54) is 36.4 Å². The number of rotatable bonds is 2. The minimum Gasteiger partial charge on any atom is -0.335 e. The fourth-order valence-corrected chi connectivity index (χ4v) is 2.32. The SMILES string of the molecule is Cl.O=C(c1ccc(=O)n(-c2ccc(F)cc2)n1)N1CCNCC1. The molecule has 0 aliphatic carbocycles. The smallest absolute Gasteiger partial charge is 0.274 e. The van der Waals surface area contributed by atoms with Crippen molar-refractivity contribution in [3.8, 4) is 5.69 Å². The van der Waals surface area contributed by atoms with Crippen molar-refractivity contribution in [2.45, 2.75) is 0 Å². The summed E-state index contributed by atoms with van der Waals surface area (Å²) in [5.74, 6) is -0.609. The van der Waals surface area contributed by atoms with Crippen LogP contribution in [0.3, 0.4) is 0 Å². The fraction of sp³-hybridized carbons (Fsp3) is 0.267. The second kappa shape index (κ2) is 7.34. The molecule has 1 aromatic heterocycles. The van der Waals surface area contributed by atoms with Gasteiger partial charge >= 0.3 is 0 Å². The Labute approximate surface area is 138 Å². The van der Waals surface area contributed by atoms with Gasteiger partial charge in [-0.1, -0.05) is 0 Å². The molecular formula is C15H16ClFN4O2. The molecule has 0 atom stereocenters. The van der Waals surface area contributed by atoms with Gasteiger partial charge in [0, 0.05) is 32.2 Å². The Hall–Kier alpha value is -2.25. The summed E-state index contributed by atoms with van der Waals surface area (Å²) in [4.78, 5) is 26.0. The van der Waals surface area contributed by atoms with Crippen LogP contribution in [0, 0.1) is 5.82 Å². The number of benzene rings is 1. The van der Waals surface area contributed by atoms with Crippen molar-refractivity contribution in [1.29, 1.82) is 0 Å². The van der Waals surface area contributed by atoms with Crippen LogP contribution in [-0.2, 0) is 0 Å².